The van der Waals surface area contributed by atoms with E-state index in [1.807, 2.05) is 0 Å². The summed E-state index contributed by atoms with van der Waals surface area (Å²) in [6.45, 7) is 9.86. The topological polar surface area (TPSA) is 43.0 Å². The van der Waals surface area contributed by atoms with Gasteiger partial charge in [0.25, 0.3) is 0 Å². The Balaban J connectivity index is 2.33. The molecule has 0 aromatic carbocycles. The van der Waals surface area contributed by atoms with Crippen LogP contribution in [0.1, 0.15) is 33.1 Å². The molecule has 0 aromatic heterocycles. The lowest BCUT2D eigenvalue weighted by atomic mass is 10.1. The molecule has 1 heterocycles. The van der Waals surface area contributed by atoms with Gasteiger partial charge >= 0.3 is 0 Å². The lowest BCUT2D eigenvalue weighted by Gasteiger charge is -2.30. The van der Waals surface area contributed by atoms with Crippen LogP contribution in [0.25, 0.3) is 0 Å². The number of hydrogen-bond donors (Lipinski definition) is 1. The zero-order valence-corrected chi connectivity index (χ0v) is 14.3. The van der Waals surface area contributed by atoms with Gasteiger partial charge < -0.3 is 19.5 Å². The molecule has 0 radical (unpaired) electrons. The van der Waals surface area contributed by atoms with E-state index in [9.17, 15) is 0 Å². The van der Waals surface area contributed by atoms with Crippen molar-refractivity contribution in [2.45, 2.75) is 51.4 Å². The lowest BCUT2D eigenvalue weighted by Crippen LogP contribution is -2.43. The maximum Gasteiger partial charge on any atom is 0.0707 e. The Morgan fingerprint density at radius 3 is 2.67 bits per heavy atom. The fourth-order valence-electron chi connectivity index (χ4n) is 2.81. The quantitative estimate of drug-likeness (QED) is 0.554. The maximum atomic E-state index is 6.16. The molecule has 126 valence electrons. The van der Waals surface area contributed by atoms with Crippen LogP contribution >= 0.6 is 0 Å². The predicted octanol–water partition coefficient (Wildman–Crippen LogP) is 1.52. The molecule has 0 amide bonds. The molecule has 1 N–H and O–H groups in total. The Bertz CT molecular complexity index is 254. The number of rotatable bonds is 12. The standard InChI is InChI=1S/C16H34N2O3/c1-5-8-17-11-15-6-7-16(21-15)12-18(9-10-19-3)14(2)13-20-4/h14-17H,5-13H2,1-4H3. The van der Waals surface area contributed by atoms with Crippen molar-refractivity contribution in [2.24, 2.45) is 0 Å². The van der Waals surface area contributed by atoms with Crippen molar-refractivity contribution < 1.29 is 14.2 Å². The van der Waals surface area contributed by atoms with Crippen LogP contribution in [-0.4, -0.2) is 76.8 Å². The highest BCUT2D eigenvalue weighted by Gasteiger charge is 2.27. The van der Waals surface area contributed by atoms with Crippen LogP contribution in [0.3, 0.4) is 0 Å². The lowest BCUT2D eigenvalue weighted by molar-refractivity contribution is -0.000386. The molecule has 0 aromatic rings. The van der Waals surface area contributed by atoms with Crippen LogP contribution in [0, 0.1) is 0 Å². The third-order valence-electron chi connectivity index (χ3n) is 4.05. The SMILES string of the molecule is CCCNCC1CCC(CN(CCOC)C(C)COC)O1. The van der Waals surface area contributed by atoms with E-state index in [1.165, 1.54) is 6.42 Å². The molecule has 1 saturated heterocycles. The Hall–Kier alpha value is -0.200. The fourth-order valence-corrected chi connectivity index (χ4v) is 2.81. The van der Waals surface area contributed by atoms with Gasteiger partial charge in [-0.3, -0.25) is 4.90 Å². The molecule has 3 unspecified atom stereocenters. The van der Waals surface area contributed by atoms with Gasteiger partial charge in [0.2, 0.25) is 0 Å². The van der Waals surface area contributed by atoms with E-state index >= 15 is 0 Å². The van der Waals surface area contributed by atoms with Gasteiger partial charge in [-0.05, 0) is 32.7 Å². The monoisotopic (exact) mass is 302 g/mol. The minimum atomic E-state index is 0.342. The normalized spacial score (nSPS) is 23.9. The second kappa shape index (κ2) is 11.4. The number of nitrogens with one attached hydrogen (secondary N) is 1. The molecule has 1 aliphatic heterocycles. The third kappa shape index (κ3) is 7.56. The van der Waals surface area contributed by atoms with Crippen LogP contribution in [0.15, 0.2) is 0 Å². The van der Waals surface area contributed by atoms with Crippen molar-refractivity contribution in [1.82, 2.24) is 10.2 Å². The minimum absolute atomic E-state index is 0.342. The average Bonchev–Trinajstić information content (AvgIpc) is 2.91. The second-order valence-electron chi connectivity index (χ2n) is 5.95. The molecule has 3 atom stereocenters. The molecule has 1 fully saturated rings. The summed E-state index contributed by atoms with van der Waals surface area (Å²) in [5.41, 5.74) is 0. The third-order valence-corrected chi connectivity index (χ3v) is 4.05. The summed E-state index contributed by atoms with van der Waals surface area (Å²) in [4.78, 5) is 2.42. The highest BCUT2D eigenvalue weighted by atomic mass is 16.5. The summed E-state index contributed by atoms with van der Waals surface area (Å²) in [7, 11) is 3.51. The number of hydrogen-bond acceptors (Lipinski definition) is 5. The number of nitrogens with zero attached hydrogens (tertiary/aromatic N) is 1. The van der Waals surface area contributed by atoms with Crippen molar-refractivity contribution in [3.8, 4) is 0 Å². The van der Waals surface area contributed by atoms with E-state index in [2.05, 4.69) is 24.1 Å². The van der Waals surface area contributed by atoms with Crippen LogP contribution < -0.4 is 5.32 Å². The molecule has 5 nitrogen and oxygen atoms in total. The summed E-state index contributed by atoms with van der Waals surface area (Å²) in [5.74, 6) is 0. The highest BCUT2D eigenvalue weighted by Crippen LogP contribution is 2.21. The predicted molar refractivity (Wildman–Crippen MR) is 85.8 cm³/mol. The van der Waals surface area contributed by atoms with Crippen LogP contribution in [-0.2, 0) is 14.2 Å². The van der Waals surface area contributed by atoms with Crippen molar-refractivity contribution in [1.29, 1.82) is 0 Å². The molecule has 21 heavy (non-hydrogen) atoms. The van der Waals surface area contributed by atoms with Crippen molar-refractivity contribution >= 4 is 0 Å². The first-order valence-corrected chi connectivity index (χ1v) is 8.29. The number of methoxy groups -OCH3 is 2. The van der Waals surface area contributed by atoms with E-state index in [4.69, 9.17) is 14.2 Å². The van der Waals surface area contributed by atoms with Gasteiger partial charge in [-0.15, -0.1) is 0 Å². The van der Waals surface area contributed by atoms with Gasteiger partial charge in [0.15, 0.2) is 0 Å². The zero-order chi connectivity index (χ0) is 15.5. The van der Waals surface area contributed by atoms with E-state index in [-0.39, 0.29) is 0 Å². The first kappa shape index (κ1) is 18.8. The van der Waals surface area contributed by atoms with Gasteiger partial charge in [-0.2, -0.15) is 0 Å². The largest absolute Gasteiger partial charge is 0.383 e. The van der Waals surface area contributed by atoms with E-state index < -0.39 is 0 Å². The van der Waals surface area contributed by atoms with Gasteiger partial charge in [0.1, 0.15) is 0 Å². The van der Waals surface area contributed by atoms with Crippen LogP contribution in [0.5, 0.6) is 0 Å². The Labute approximate surface area is 130 Å². The summed E-state index contributed by atoms with van der Waals surface area (Å²) < 4.78 is 16.7. The molecule has 5 heteroatoms. The highest BCUT2D eigenvalue weighted by molar-refractivity contribution is 4.80. The van der Waals surface area contributed by atoms with Crippen LogP contribution in [0.4, 0.5) is 0 Å². The van der Waals surface area contributed by atoms with E-state index in [0.717, 1.165) is 52.2 Å². The summed E-state index contributed by atoms with van der Waals surface area (Å²) in [5, 5.41) is 3.45. The van der Waals surface area contributed by atoms with Crippen molar-refractivity contribution in [3.63, 3.8) is 0 Å². The zero-order valence-electron chi connectivity index (χ0n) is 14.3. The Kier molecular flexibility index (Phi) is 10.2. The van der Waals surface area contributed by atoms with E-state index in [1.54, 1.807) is 14.2 Å². The van der Waals surface area contributed by atoms with E-state index in [0.29, 0.717) is 18.2 Å². The minimum Gasteiger partial charge on any atom is -0.383 e. The molecule has 0 bridgehead atoms. The Morgan fingerprint density at radius 1 is 1.24 bits per heavy atom. The van der Waals surface area contributed by atoms with Gasteiger partial charge in [-0.25, -0.2) is 0 Å². The average molecular weight is 302 g/mol. The molecule has 1 aliphatic rings. The fraction of sp³-hybridized carbons (Fsp3) is 1.00. The van der Waals surface area contributed by atoms with Crippen molar-refractivity contribution in [3.05, 3.63) is 0 Å². The number of ether oxygens (including phenoxy) is 3. The summed E-state index contributed by atoms with van der Waals surface area (Å²) in [6, 6.07) is 0.394. The van der Waals surface area contributed by atoms with Crippen molar-refractivity contribution in [2.75, 3.05) is 53.6 Å². The van der Waals surface area contributed by atoms with Gasteiger partial charge in [-0.1, -0.05) is 6.92 Å². The molecule has 0 aliphatic carbocycles. The summed E-state index contributed by atoms with van der Waals surface area (Å²) >= 11 is 0. The van der Waals surface area contributed by atoms with Gasteiger partial charge in [0.05, 0.1) is 25.4 Å². The molecule has 0 spiro atoms. The summed E-state index contributed by atoms with van der Waals surface area (Å²) in [6.07, 6.45) is 4.22. The molecular formula is C16H34N2O3. The Morgan fingerprint density at radius 2 is 2.00 bits per heavy atom. The first-order valence-electron chi connectivity index (χ1n) is 8.29. The maximum absolute atomic E-state index is 6.16. The second-order valence-corrected chi connectivity index (χ2v) is 5.95. The molecule has 0 saturated carbocycles. The van der Waals surface area contributed by atoms with Crippen LogP contribution in [0.2, 0.25) is 0 Å². The molecular weight excluding hydrogens is 268 g/mol. The first-order chi connectivity index (χ1) is 10.2. The van der Waals surface area contributed by atoms with Gasteiger partial charge in [0, 0.05) is 39.9 Å². The smallest absolute Gasteiger partial charge is 0.0707 e. The molecule has 1 rings (SSSR count).